The van der Waals surface area contributed by atoms with Crippen LogP contribution in [0.1, 0.15) is 47.0 Å². The van der Waals surface area contributed by atoms with E-state index in [4.69, 9.17) is 5.21 Å². The Hall–Kier alpha value is 0.460. The summed E-state index contributed by atoms with van der Waals surface area (Å²) in [5.74, 6) is 0. The molecule has 0 saturated carbocycles. The highest BCUT2D eigenvalue weighted by atomic mass is 35.5. The second-order valence-corrected chi connectivity index (χ2v) is 4.91. The minimum atomic E-state index is 0. The third-order valence-corrected chi connectivity index (χ3v) is 2.89. The van der Waals surface area contributed by atoms with Crippen molar-refractivity contribution in [3.63, 3.8) is 0 Å². The molecular formula is C9H22Cl2N2O. The topological polar surface area (TPSA) is 35.5 Å². The van der Waals surface area contributed by atoms with Gasteiger partial charge in [0.2, 0.25) is 0 Å². The van der Waals surface area contributed by atoms with E-state index in [1.54, 1.807) is 0 Å². The van der Waals surface area contributed by atoms with E-state index in [1.165, 1.54) is 6.42 Å². The van der Waals surface area contributed by atoms with Crippen molar-refractivity contribution in [3.8, 4) is 0 Å². The molecule has 1 aliphatic heterocycles. The molecule has 0 aromatic heterocycles. The molecular weight excluding hydrogens is 223 g/mol. The third kappa shape index (κ3) is 3.24. The molecule has 3 nitrogen and oxygen atoms in total. The van der Waals surface area contributed by atoms with Gasteiger partial charge in [0.1, 0.15) is 0 Å². The molecule has 1 rings (SSSR count). The number of hydrogen-bond acceptors (Lipinski definition) is 3. The number of nitrogens with zero attached hydrogens (tertiary/aromatic N) is 1. The minimum Gasteiger partial charge on any atom is -0.302 e. The highest BCUT2D eigenvalue weighted by molar-refractivity contribution is 5.85. The fourth-order valence-corrected chi connectivity index (χ4v) is 2.27. The Kier molecular flexibility index (Phi) is 6.65. The quantitative estimate of drug-likeness (QED) is 0.697. The molecule has 1 saturated heterocycles. The second-order valence-electron chi connectivity index (χ2n) is 4.91. The maximum Gasteiger partial charge on any atom is 0.0325 e. The minimum absolute atomic E-state index is 0. The SMILES string of the molecule is CC1(C)CCCC(C)(C)N1NO.Cl.Cl. The van der Waals surface area contributed by atoms with Gasteiger partial charge in [-0.15, -0.1) is 30.4 Å². The molecule has 1 aliphatic rings. The van der Waals surface area contributed by atoms with Gasteiger partial charge < -0.3 is 5.21 Å². The van der Waals surface area contributed by atoms with Crippen molar-refractivity contribution in [3.05, 3.63) is 0 Å². The van der Waals surface area contributed by atoms with E-state index >= 15 is 0 Å². The smallest absolute Gasteiger partial charge is 0.0325 e. The maximum absolute atomic E-state index is 9.04. The average Bonchev–Trinajstić information content (AvgIpc) is 1.83. The van der Waals surface area contributed by atoms with E-state index in [2.05, 4.69) is 33.3 Å². The van der Waals surface area contributed by atoms with Crippen molar-refractivity contribution in [2.75, 3.05) is 0 Å². The summed E-state index contributed by atoms with van der Waals surface area (Å²) in [5.41, 5.74) is 2.42. The van der Waals surface area contributed by atoms with E-state index in [1.807, 2.05) is 5.01 Å². The van der Waals surface area contributed by atoms with Crippen LogP contribution >= 0.6 is 24.8 Å². The van der Waals surface area contributed by atoms with E-state index < -0.39 is 0 Å². The lowest BCUT2D eigenvalue weighted by Gasteiger charge is -2.51. The fraction of sp³-hybridized carbons (Fsp3) is 1.00. The standard InChI is InChI=1S/C9H20N2O.2ClH/c1-8(2)6-5-7-9(3,4)11(8)10-12;;/h10,12H,5-7H2,1-4H3;2*1H. The van der Waals surface area contributed by atoms with Gasteiger partial charge in [-0.25, -0.2) is 5.01 Å². The molecule has 0 bridgehead atoms. The molecule has 88 valence electrons. The predicted octanol–water partition coefficient (Wildman–Crippen LogP) is 2.77. The molecule has 0 aliphatic carbocycles. The summed E-state index contributed by atoms with van der Waals surface area (Å²) < 4.78 is 0. The zero-order valence-electron chi connectivity index (χ0n) is 9.33. The Morgan fingerprint density at radius 1 is 1.00 bits per heavy atom. The summed E-state index contributed by atoms with van der Waals surface area (Å²) in [6.45, 7) is 8.60. The molecule has 0 atom stereocenters. The van der Waals surface area contributed by atoms with Crippen LogP contribution in [-0.2, 0) is 0 Å². The van der Waals surface area contributed by atoms with Gasteiger partial charge in [0.05, 0.1) is 0 Å². The molecule has 0 aromatic carbocycles. The Labute approximate surface area is 99.0 Å². The van der Waals surface area contributed by atoms with E-state index in [9.17, 15) is 0 Å². The van der Waals surface area contributed by atoms with Crippen LogP contribution in [0.4, 0.5) is 0 Å². The van der Waals surface area contributed by atoms with Crippen LogP contribution < -0.4 is 5.59 Å². The van der Waals surface area contributed by atoms with E-state index in [-0.39, 0.29) is 35.9 Å². The van der Waals surface area contributed by atoms with Gasteiger partial charge in [-0.05, 0) is 47.0 Å². The van der Waals surface area contributed by atoms with Crippen molar-refractivity contribution in [1.82, 2.24) is 10.6 Å². The van der Waals surface area contributed by atoms with Crippen LogP contribution in [0, 0.1) is 0 Å². The van der Waals surface area contributed by atoms with Crippen molar-refractivity contribution in [2.24, 2.45) is 0 Å². The zero-order valence-corrected chi connectivity index (χ0v) is 11.0. The van der Waals surface area contributed by atoms with Gasteiger partial charge in [0, 0.05) is 11.1 Å². The predicted molar refractivity (Wildman–Crippen MR) is 63.3 cm³/mol. The molecule has 0 aromatic rings. The Morgan fingerprint density at radius 2 is 1.36 bits per heavy atom. The average molecular weight is 245 g/mol. The van der Waals surface area contributed by atoms with E-state index in [0.29, 0.717) is 0 Å². The van der Waals surface area contributed by atoms with Gasteiger partial charge in [0.25, 0.3) is 0 Å². The molecule has 1 heterocycles. The molecule has 2 N–H and O–H groups in total. The Morgan fingerprint density at radius 3 is 1.57 bits per heavy atom. The number of piperidine rings is 1. The highest BCUT2D eigenvalue weighted by Crippen LogP contribution is 2.35. The summed E-state index contributed by atoms with van der Waals surface area (Å²) in [7, 11) is 0. The van der Waals surface area contributed by atoms with Crippen LogP contribution in [0.25, 0.3) is 0 Å². The first-order valence-corrected chi connectivity index (χ1v) is 4.60. The lowest BCUT2D eigenvalue weighted by atomic mass is 9.82. The molecule has 0 amide bonds. The lowest BCUT2D eigenvalue weighted by molar-refractivity contribution is -0.158. The zero-order chi connectivity index (χ0) is 9.41. The number of hydrogen-bond donors (Lipinski definition) is 2. The van der Waals surface area contributed by atoms with Gasteiger partial charge >= 0.3 is 0 Å². The summed E-state index contributed by atoms with van der Waals surface area (Å²) in [6, 6.07) is 0. The molecule has 0 unspecified atom stereocenters. The first-order chi connectivity index (χ1) is 5.40. The van der Waals surface area contributed by atoms with Crippen LogP contribution in [0.3, 0.4) is 0 Å². The molecule has 14 heavy (non-hydrogen) atoms. The molecule has 5 heteroatoms. The third-order valence-electron chi connectivity index (χ3n) is 2.89. The summed E-state index contributed by atoms with van der Waals surface area (Å²) in [6.07, 6.45) is 3.49. The summed E-state index contributed by atoms with van der Waals surface area (Å²) >= 11 is 0. The normalized spacial score (nSPS) is 24.6. The van der Waals surface area contributed by atoms with Crippen molar-refractivity contribution >= 4 is 24.8 Å². The van der Waals surface area contributed by atoms with Crippen LogP contribution in [-0.4, -0.2) is 21.3 Å². The monoisotopic (exact) mass is 244 g/mol. The second kappa shape index (κ2) is 5.52. The van der Waals surface area contributed by atoms with Gasteiger partial charge in [-0.3, -0.25) is 0 Å². The van der Waals surface area contributed by atoms with Gasteiger partial charge in [0.15, 0.2) is 0 Å². The van der Waals surface area contributed by atoms with E-state index in [0.717, 1.165) is 12.8 Å². The largest absolute Gasteiger partial charge is 0.302 e. The van der Waals surface area contributed by atoms with Crippen molar-refractivity contribution in [2.45, 2.75) is 58.0 Å². The molecule has 1 fully saturated rings. The Balaban J connectivity index is 0. The number of halogens is 2. The van der Waals surface area contributed by atoms with Crippen molar-refractivity contribution in [1.29, 1.82) is 0 Å². The van der Waals surface area contributed by atoms with Gasteiger partial charge in [-0.2, -0.15) is 0 Å². The molecule has 0 spiro atoms. The Bertz CT molecular complexity index is 158. The lowest BCUT2D eigenvalue weighted by Crippen LogP contribution is -2.63. The summed E-state index contributed by atoms with van der Waals surface area (Å²) in [5, 5.41) is 11.0. The van der Waals surface area contributed by atoms with Crippen molar-refractivity contribution < 1.29 is 5.21 Å². The molecule has 0 radical (unpaired) electrons. The van der Waals surface area contributed by atoms with Crippen LogP contribution in [0.15, 0.2) is 0 Å². The summed E-state index contributed by atoms with van der Waals surface area (Å²) in [4.78, 5) is 0. The number of rotatable bonds is 1. The highest BCUT2D eigenvalue weighted by Gasteiger charge is 2.41. The van der Waals surface area contributed by atoms with Crippen LogP contribution in [0.2, 0.25) is 0 Å². The first-order valence-electron chi connectivity index (χ1n) is 4.60. The fourth-order valence-electron chi connectivity index (χ4n) is 2.27. The van der Waals surface area contributed by atoms with Gasteiger partial charge in [-0.1, -0.05) is 0 Å². The number of hydrazine groups is 1. The number of nitrogens with one attached hydrogen (secondary N) is 1. The van der Waals surface area contributed by atoms with Crippen LogP contribution in [0.5, 0.6) is 0 Å². The maximum atomic E-state index is 9.04. The first kappa shape index (κ1) is 16.9.